The molecule has 9 aliphatic rings. The SMILES string of the molecule is C=CCNC(=O)C(=O)C(CCC)NC(=O)[C@@H]1[C@@H]2[C@H](CN1C(=O)[C@@H](NC(=O)N[C@H](C(=O)OCc1ccccc1)C1CCCC1)C(C)(C)C)C2(C)C.C=CCNC(=O)C(=O)C(CCCC)NC(=O)[C@@H]1[C@@H]2[C@H](CN1C(=O)[C@@H](NC(=O)N[C@H](C(=O)OC(C)(C)C)C(C)C)C(C)(C)C)C2(C)C.CC(C)[C@H](NC(=O)N[C@H](C(=O)N1C[C@H]2[C@@H]([C@H]1C(=O)NC(CC1CC1)C(=O)C(N)=O)C2(C)C)C(C)(C)C)C(=O)OC1Cc2ccccc2C1. The summed E-state index contributed by atoms with van der Waals surface area (Å²) in [5, 5.41) is 30.0. The van der Waals surface area contributed by atoms with Gasteiger partial charge in [-0.2, -0.15) is 0 Å². The molecule has 11 rings (SSSR count). The van der Waals surface area contributed by atoms with Crippen LogP contribution >= 0.6 is 0 Å². The summed E-state index contributed by atoms with van der Waals surface area (Å²) in [5.41, 5.74) is 4.76. The van der Waals surface area contributed by atoms with Crippen molar-refractivity contribution in [1.82, 2.24) is 73.2 Å². The van der Waals surface area contributed by atoms with Crippen LogP contribution in [-0.4, -0.2) is 238 Å². The quantitative estimate of drug-likeness (QED) is 0.0128. The third-order valence-electron chi connectivity index (χ3n) is 30.3. The number of nitrogens with one attached hydrogen (secondary N) is 11. The molecule has 3 saturated heterocycles. The van der Waals surface area contributed by atoms with Crippen molar-refractivity contribution in [3.8, 4) is 0 Å². The fourth-order valence-electron chi connectivity index (χ4n) is 21.4. The third-order valence-corrected chi connectivity index (χ3v) is 30.3. The Morgan fingerprint density at radius 2 is 0.833 bits per heavy atom. The van der Waals surface area contributed by atoms with E-state index >= 15 is 0 Å². The van der Waals surface area contributed by atoms with Crippen LogP contribution < -0.4 is 64.2 Å². The fourth-order valence-corrected chi connectivity index (χ4v) is 21.4. The number of carbonyl (C=O) groups excluding carboxylic acids is 18. The van der Waals surface area contributed by atoms with Gasteiger partial charge in [0.25, 0.3) is 17.7 Å². The molecule has 3 unspecified atom stereocenters. The number of primary amides is 1. The molecular weight excluding hydrogens is 1840 g/mol. The van der Waals surface area contributed by atoms with Crippen molar-refractivity contribution >= 4 is 107 Å². The van der Waals surface area contributed by atoms with Crippen LogP contribution in [-0.2, 0) is 106 Å². The number of urea groups is 3. The van der Waals surface area contributed by atoms with Crippen molar-refractivity contribution < 1.29 is 101 Å². The van der Waals surface area contributed by atoms with Crippen molar-refractivity contribution in [2.45, 2.75) is 347 Å². The molecule has 144 heavy (non-hydrogen) atoms. The van der Waals surface area contributed by atoms with Crippen LogP contribution in [0, 0.1) is 91.7 Å². The summed E-state index contributed by atoms with van der Waals surface area (Å²) >= 11 is 0. The number of piperidine rings is 3. The number of amides is 15. The average Bonchev–Trinajstić information content (AvgIpc) is 1.53. The Hall–Kier alpha value is -11.6. The molecule has 6 aliphatic carbocycles. The zero-order chi connectivity index (χ0) is 107. The molecule has 15 amide bonds. The van der Waals surface area contributed by atoms with E-state index in [1.54, 1.807) is 55.4 Å². The third kappa shape index (κ3) is 29.0. The molecule has 13 N–H and O–H groups in total. The van der Waals surface area contributed by atoms with Crippen LogP contribution in [0.5, 0.6) is 0 Å². The van der Waals surface area contributed by atoms with Crippen LogP contribution in [0.1, 0.15) is 260 Å². The molecule has 0 radical (unpaired) electrons. The standard InChI is InChI=1S/C38H55N5O7.C36H51N5O7.C34H57N5O7/c1-8-15-26(30(44)33(46)39-20-9-2)40-32(45)29-27-25(38(27,6)7)21-43(29)34(47)31(37(3,4)5)42-36(49)41-28(24-18-13-14-19-24)35(48)50-22-23-16-11-10-12-17-23;1-18(2)26(33(46)48-22-15-20-10-8-9-11-21(20)16-22)39-34(47)40-29(35(3,4)5)32(45)41-17-23-25(36(23,6)7)27(41)31(44)38-24(14-19-12-13-19)28(42)30(37)43;1-13-15-16-21(25(40)28(42)35-17-14-2)36-27(41)24-22-20(34(22,11)12)18-39(24)29(43)26(32(5,6)7)38-31(45)37-23(19(3)4)30(44)46-33(8,9)10/h9-12,16-17,24-29,31H,2,8,13-15,18-22H2,1,3-7H3,(H,39,46)(H,40,45)(H2,41,42,49);8-11,18-19,22-27,29H,12-17H2,1-7H3,(H2,37,43)(H,38,44)(H2,39,40,47);14,19-24,26H,2,13,15-18H2,1,3-12H3,(H,35,42)(H,36,41)(H2,37,38,45)/t25-,26?,27-,28-,29-,31+;23-,24?,25-,26-,27-,29+;20-,21?,22-,23-,24-,26+/m000/s1. The van der Waals surface area contributed by atoms with Crippen LogP contribution in [0.15, 0.2) is 79.9 Å². The molecule has 0 spiro atoms. The molecule has 3 aliphatic heterocycles. The number of carbonyl (C=O) groups is 18. The average molecular weight is 2010 g/mol. The highest BCUT2D eigenvalue weighted by Gasteiger charge is 2.73. The van der Waals surface area contributed by atoms with E-state index in [0.717, 1.165) is 61.6 Å². The Kier molecular flexibility index (Phi) is 38.4. The number of nitrogens with two attached hydrogens (primary N) is 1. The summed E-state index contributed by atoms with van der Waals surface area (Å²) in [6.45, 7) is 53.2. The molecule has 0 bridgehead atoms. The van der Waals surface area contributed by atoms with Crippen molar-refractivity contribution in [2.24, 2.45) is 97.4 Å². The minimum absolute atomic E-state index is 0.0546. The van der Waals surface area contributed by atoms with E-state index in [2.05, 4.69) is 85.5 Å². The highest BCUT2D eigenvalue weighted by molar-refractivity contribution is 6.39. The molecular formula is C108H163N15O21. The Labute approximate surface area is 849 Å². The van der Waals surface area contributed by atoms with Gasteiger partial charge in [0, 0.05) is 45.6 Å². The van der Waals surface area contributed by atoms with Gasteiger partial charge in [-0.15, -0.1) is 13.2 Å². The number of nitrogens with zero attached hydrogens (tertiary/aromatic N) is 3. The summed E-state index contributed by atoms with van der Waals surface area (Å²) in [6.07, 6.45) is 11.9. The maximum absolute atomic E-state index is 14.4. The zero-order valence-corrected chi connectivity index (χ0v) is 89.2. The maximum atomic E-state index is 14.4. The van der Waals surface area contributed by atoms with E-state index in [9.17, 15) is 86.3 Å². The van der Waals surface area contributed by atoms with E-state index in [1.807, 2.05) is 152 Å². The molecule has 796 valence electrons. The fraction of sp³-hybridized carbons (Fsp3) is 0.685. The predicted octanol–water partition coefficient (Wildman–Crippen LogP) is 9.00. The minimum Gasteiger partial charge on any atom is -0.460 e. The van der Waals surface area contributed by atoms with Gasteiger partial charge in [-0.25, -0.2) is 28.8 Å². The topological polar surface area (TPSA) is 503 Å². The Balaban J connectivity index is 0.000000241. The van der Waals surface area contributed by atoms with Gasteiger partial charge >= 0.3 is 36.0 Å². The molecule has 0 aromatic heterocycles. The van der Waals surface area contributed by atoms with E-state index in [0.29, 0.717) is 51.7 Å². The second kappa shape index (κ2) is 47.7. The van der Waals surface area contributed by atoms with E-state index in [4.69, 9.17) is 19.9 Å². The zero-order valence-electron chi connectivity index (χ0n) is 89.2. The molecule has 8 fully saturated rings. The first kappa shape index (κ1) is 116. The van der Waals surface area contributed by atoms with Crippen molar-refractivity contribution in [3.63, 3.8) is 0 Å². The number of hydrogen-bond donors (Lipinski definition) is 12. The van der Waals surface area contributed by atoms with Crippen LogP contribution in [0.4, 0.5) is 14.4 Å². The van der Waals surface area contributed by atoms with E-state index < -0.39 is 201 Å². The van der Waals surface area contributed by atoms with Crippen molar-refractivity contribution in [2.75, 3.05) is 32.7 Å². The number of fused-ring (bicyclic) bond motifs is 4. The van der Waals surface area contributed by atoms with Crippen LogP contribution in [0.3, 0.4) is 0 Å². The summed E-state index contributed by atoms with van der Waals surface area (Å²) in [4.78, 5) is 244. The summed E-state index contributed by atoms with van der Waals surface area (Å²) in [7, 11) is 0. The summed E-state index contributed by atoms with van der Waals surface area (Å²) < 4.78 is 17.0. The monoisotopic (exact) mass is 2010 g/mol. The Morgan fingerprint density at radius 3 is 1.19 bits per heavy atom. The van der Waals surface area contributed by atoms with Crippen LogP contribution in [0.25, 0.3) is 0 Å². The number of rotatable bonds is 41. The molecule has 2 aromatic carbocycles. The smallest absolute Gasteiger partial charge is 0.329 e. The molecule has 5 saturated carbocycles. The lowest BCUT2D eigenvalue weighted by molar-refractivity contribution is -0.158. The number of ketones is 3. The number of likely N-dealkylation sites (tertiary alicyclic amines) is 3. The number of hydrogen-bond acceptors (Lipinski definition) is 21. The van der Waals surface area contributed by atoms with Gasteiger partial charge < -0.3 is 93.1 Å². The molecule has 3 heterocycles. The van der Waals surface area contributed by atoms with Gasteiger partial charge in [-0.1, -0.05) is 257 Å². The minimum atomic E-state index is -1.11. The van der Waals surface area contributed by atoms with Gasteiger partial charge in [0.2, 0.25) is 52.8 Å². The van der Waals surface area contributed by atoms with Crippen molar-refractivity contribution in [1.29, 1.82) is 0 Å². The normalized spacial score (nSPS) is 23.1. The largest absolute Gasteiger partial charge is 0.460 e. The molecule has 18 atom stereocenters. The van der Waals surface area contributed by atoms with Gasteiger partial charge in [0.1, 0.15) is 72.7 Å². The van der Waals surface area contributed by atoms with Crippen LogP contribution in [0.2, 0.25) is 0 Å². The number of unbranched alkanes of at least 4 members (excludes halogenated alkanes) is 1. The highest BCUT2D eigenvalue weighted by Crippen LogP contribution is 2.67. The molecule has 2 aromatic rings. The number of Topliss-reactive ketones (excluding diaryl/α,β-unsaturated/α-hetero) is 3. The molecule has 36 heteroatoms. The van der Waals surface area contributed by atoms with Gasteiger partial charge in [0.15, 0.2) is 0 Å². The van der Waals surface area contributed by atoms with Gasteiger partial charge in [0.05, 0.1) is 18.1 Å². The van der Waals surface area contributed by atoms with Gasteiger partial charge in [-0.3, -0.25) is 57.5 Å². The number of esters is 3. The first-order chi connectivity index (χ1) is 67.1. The van der Waals surface area contributed by atoms with E-state index in [1.165, 1.54) is 26.9 Å². The Morgan fingerprint density at radius 1 is 0.458 bits per heavy atom. The first-order valence-electron chi connectivity index (χ1n) is 51.5. The lowest BCUT2D eigenvalue weighted by Crippen LogP contribution is -2.62. The highest BCUT2D eigenvalue weighted by atomic mass is 16.6. The lowest BCUT2D eigenvalue weighted by atomic mass is 9.85. The second-order valence-corrected chi connectivity index (χ2v) is 47.5. The number of benzene rings is 2. The van der Waals surface area contributed by atoms with Crippen molar-refractivity contribution in [3.05, 3.63) is 96.6 Å². The predicted molar refractivity (Wildman–Crippen MR) is 541 cm³/mol. The maximum Gasteiger partial charge on any atom is 0.329 e. The first-order valence-corrected chi connectivity index (χ1v) is 51.5. The summed E-state index contributed by atoms with van der Waals surface area (Å²) in [6, 6.07) is 3.47. The van der Waals surface area contributed by atoms with E-state index in [-0.39, 0.29) is 114 Å². The molecule has 36 nitrogen and oxygen atoms in total. The Bertz CT molecular complexity index is 5040. The second-order valence-electron chi connectivity index (χ2n) is 47.5. The summed E-state index contributed by atoms with van der Waals surface area (Å²) in [5.74, 6) is -10.3. The number of ether oxygens (including phenoxy) is 3. The van der Waals surface area contributed by atoms with Gasteiger partial charge in [-0.05, 0) is 161 Å². The lowest BCUT2D eigenvalue weighted by Gasteiger charge is -2.38.